The van der Waals surface area contributed by atoms with Crippen LogP contribution in [0.4, 0.5) is 4.39 Å². The first-order chi connectivity index (χ1) is 12.0. The number of aromatic amines is 1. The molecule has 0 saturated carbocycles. The van der Waals surface area contributed by atoms with Crippen LogP contribution in [0.25, 0.3) is 11.6 Å². The lowest BCUT2D eigenvalue weighted by molar-refractivity contribution is 0.395. The van der Waals surface area contributed by atoms with Gasteiger partial charge < -0.3 is 14.1 Å². The van der Waals surface area contributed by atoms with Crippen LogP contribution in [0.1, 0.15) is 23.9 Å². The van der Waals surface area contributed by atoms with Crippen molar-refractivity contribution in [3.63, 3.8) is 0 Å². The maximum Gasteiger partial charge on any atom is 0.342 e. The van der Waals surface area contributed by atoms with Gasteiger partial charge in [-0.1, -0.05) is 36.5 Å². The highest BCUT2D eigenvalue weighted by atomic mass is 19.1. The highest BCUT2D eigenvalue weighted by molar-refractivity contribution is 5.62. The first-order valence-electron chi connectivity index (χ1n) is 7.72. The van der Waals surface area contributed by atoms with Gasteiger partial charge >= 0.3 is 5.63 Å². The highest BCUT2D eigenvalue weighted by Crippen LogP contribution is 2.20. The van der Waals surface area contributed by atoms with Gasteiger partial charge in [0, 0.05) is 18.0 Å². The monoisotopic (exact) mass is 341 g/mol. The lowest BCUT2D eigenvalue weighted by Gasteiger charge is -2.05. The van der Waals surface area contributed by atoms with E-state index in [9.17, 15) is 9.18 Å². The minimum Gasteiger partial charge on any atom is -0.496 e. The van der Waals surface area contributed by atoms with Gasteiger partial charge in [-0.2, -0.15) is 0 Å². The standard InChI is InChI=1S/C20H20FNO3/c1-14(18-12-19(24-3)15(2)20(23)25-18)9-7-5-4-6-8-10-17-11-16(21)13-22-17/h4-13,22H,1-3H3/b6-4+,7-5+,10-8+,14-9+. The van der Waals surface area contributed by atoms with Crippen LogP contribution in [0.2, 0.25) is 0 Å². The van der Waals surface area contributed by atoms with Crippen LogP contribution in [0.3, 0.4) is 0 Å². The SMILES string of the molecule is COc1cc(/C(C)=C/C=C/C=C/C=C/c2cc(F)c[nH]2)oc(=O)c1C. The normalized spacial score (nSPS) is 12.7. The van der Waals surface area contributed by atoms with Gasteiger partial charge in [0.05, 0.1) is 12.7 Å². The van der Waals surface area contributed by atoms with Gasteiger partial charge in [0.25, 0.3) is 0 Å². The first-order valence-corrected chi connectivity index (χ1v) is 7.72. The maximum atomic E-state index is 12.8. The minimum absolute atomic E-state index is 0.288. The summed E-state index contributed by atoms with van der Waals surface area (Å²) in [4.78, 5) is 14.5. The Kier molecular flexibility index (Phi) is 6.34. The minimum atomic E-state index is -0.406. The van der Waals surface area contributed by atoms with Crippen LogP contribution in [-0.2, 0) is 0 Å². The van der Waals surface area contributed by atoms with E-state index in [-0.39, 0.29) is 5.82 Å². The molecule has 130 valence electrons. The average Bonchev–Trinajstić information content (AvgIpc) is 3.01. The van der Waals surface area contributed by atoms with Crippen molar-refractivity contribution in [2.75, 3.05) is 7.11 Å². The zero-order valence-electron chi connectivity index (χ0n) is 14.4. The maximum absolute atomic E-state index is 12.8. The Hall–Kier alpha value is -3.08. The van der Waals surface area contributed by atoms with E-state index >= 15 is 0 Å². The summed E-state index contributed by atoms with van der Waals surface area (Å²) in [7, 11) is 1.52. The second-order valence-electron chi connectivity index (χ2n) is 5.34. The fraction of sp³-hybridized carbons (Fsp3) is 0.150. The number of methoxy groups -OCH3 is 1. The van der Waals surface area contributed by atoms with Gasteiger partial charge in [-0.3, -0.25) is 0 Å². The van der Waals surface area contributed by atoms with Gasteiger partial charge in [0.15, 0.2) is 0 Å². The molecule has 0 bridgehead atoms. The molecule has 0 aliphatic carbocycles. The Balaban J connectivity index is 1.99. The molecule has 0 aliphatic heterocycles. The van der Waals surface area contributed by atoms with Crippen LogP contribution < -0.4 is 10.4 Å². The molecular formula is C20H20FNO3. The summed E-state index contributed by atoms with van der Waals surface area (Å²) in [6.45, 7) is 3.51. The van der Waals surface area contributed by atoms with Crippen molar-refractivity contribution in [2.24, 2.45) is 0 Å². The second-order valence-corrected chi connectivity index (χ2v) is 5.34. The third kappa shape index (κ3) is 5.21. The van der Waals surface area contributed by atoms with Crippen molar-refractivity contribution in [2.45, 2.75) is 13.8 Å². The molecule has 0 spiro atoms. The summed E-state index contributed by atoms with van der Waals surface area (Å²) < 4.78 is 23.2. The molecule has 0 saturated heterocycles. The average molecular weight is 341 g/mol. The van der Waals surface area contributed by atoms with Gasteiger partial charge in [0.1, 0.15) is 17.3 Å². The zero-order valence-corrected chi connectivity index (χ0v) is 14.4. The molecule has 2 heterocycles. The predicted molar refractivity (Wildman–Crippen MR) is 98.0 cm³/mol. The van der Waals surface area contributed by atoms with E-state index in [0.717, 1.165) is 5.57 Å². The van der Waals surface area contributed by atoms with E-state index in [0.29, 0.717) is 22.8 Å². The van der Waals surface area contributed by atoms with Crippen LogP contribution in [0.5, 0.6) is 5.75 Å². The summed E-state index contributed by atoms with van der Waals surface area (Å²) in [6, 6.07) is 3.11. The molecule has 4 nitrogen and oxygen atoms in total. The fourth-order valence-electron chi connectivity index (χ4n) is 2.05. The number of ether oxygens (including phenoxy) is 1. The number of hydrogen-bond acceptors (Lipinski definition) is 3. The molecule has 0 aliphatic rings. The van der Waals surface area contributed by atoms with Gasteiger partial charge in [-0.05, 0) is 31.6 Å². The molecular weight excluding hydrogens is 321 g/mol. The van der Waals surface area contributed by atoms with Crippen LogP contribution in [-0.4, -0.2) is 12.1 Å². The zero-order chi connectivity index (χ0) is 18.2. The van der Waals surface area contributed by atoms with E-state index in [2.05, 4.69) is 4.98 Å². The molecule has 2 aromatic heterocycles. The van der Waals surface area contributed by atoms with Crippen molar-refractivity contribution >= 4 is 11.6 Å². The fourth-order valence-corrected chi connectivity index (χ4v) is 2.05. The summed E-state index contributed by atoms with van der Waals surface area (Å²) in [5.41, 5.74) is 1.55. The van der Waals surface area contributed by atoms with Crippen LogP contribution in [0, 0.1) is 12.7 Å². The molecule has 0 amide bonds. The van der Waals surface area contributed by atoms with Crippen molar-refractivity contribution in [1.82, 2.24) is 4.98 Å². The molecule has 25 heavy (non-hydrogen) atoms. The lowest BCUT2D eigenvalue weighted by Crippen LogP contribution is -2.06. The number of hydrogen-bond donors (Lipinski definition) is 1. The number of nitrogens with one attached hydrogen (secondary N) is 1. The predicted octanol–water partition coefficient (Wildman–Crippen LogP) is 4.65. The van der Waals surface area contributed by atoms with Crippen molar-refractivity contribution < 1.29 is 13.5 Å². The highest BCUT2D eigenvalue weighted by Gasteiger charge is 2.08. The molecule has 2 aromatic rings. The number of rotatable bonds is 6. The summed E-state index contributed by atoms with van der Waals surface area (Å²) in [6.07, 6.45) is 14.0. The molecule has 0 aromatic carbocycles. The van der Waals surface area contributed by atoms with E-state index in [1.165, 1.54) is 19.4 Å². The lowest BCUT2D eigenvalue weighted by atomic mass is 10.1. The molecule has 0 unspecified atom stereocenters. The van der Waals surface area contributed by atoms with Crippen molar-refractivity contribution in [3.05, 3.63) is 88.0 Å². The Morgan fingerprint density at radius 3 is 2.60 bits per heavy atom. The van der Waals surface area contributed by atoms with Crippen molar-refractivity contribution in [3.8, 4) is 5.75 Å². The molecule has 5 heteroatoms. The van der Waals surface area contributed by atoms with Gasteiger partial charge in [0.2, 0.25) is 0 Å². The largest absolute Gasteiger partial charge is 0.496 e. The molecule has 2 rings (SSSR count). The number of aromatic nitrogens is 1. The second kappa shape index (κ2) is 8.68. The molecule has 1 N–H and O–H groups in total. The molecule has 0 radical (unpaired) electrons. The topological polar surface area (TPSA) is 55.2 Å². The number of halogens is 1. The molecule has 0 atom stereocenters. The smallest absolute Gasteiger partial charge is 0.342 e. The van der Waals surface area contributed by atoms with E-state index in [1.807, 2.05) is 37.3 Å². The summed E-state index contributed by atoms with van der Waals surface area (Å²) in [5.74, 6) is 0.687. The Labute approximate surface area is 145 Å². The van der Waals surface area contributed by atoms with E-state index < -0.39 is 5.63 Å². The van der Waals surface area contributed by atoms with Gasteiger partial charge in [-0.25, -0.2) is 9.18 Å². The van der Waals surface area contributed by atoms with Gasteiger partial charge in [-0.15, -0.1) is 0 Å². The van der Waals surface area contributed by atoms with E-state index in [1.54, 1.807) is 25.1 Å². The van der Waals surface area contributed by atoms with Crippen LogP contribution in [0.15, 0.2) is 64.0 Å². The molecule has 0 fully saturated rings. The third-order valence-corrected chi connectivity index (χ3v) is 3.49. The van der Waals surface area contributed by atoms with Crippen molar-refractivity contribution in [1.29, 1.82) is 0 Å². The first kappa shape index (κ1) is 18.3. The summed E-state index contributed by atoms with van der Waals surface area (Å²) >= 11 is 0. The number of allylic oxidation sites excluding steroid dienone is 7. The Morgan fingerprint density at radius 1 is 1.20 bits per heavy atom. The van der Waals surface area contributed by atoms with Crippen LogP contribution >= 0.6 is 0 Å². The van der Waals surface area contributed by atoms with E-state index in [4.69, 9.17) is 9.15 Å². The third-order valence-electron chi connectivity index (χ3n) is 3.49. The quantitative estimate of drug-likeness (QED) is 0.778. The number of H-pyrrole nitrogens is 1. The Morgan fingerprint density at radius 2 is 1.92 bits per heavy atom. The summed E-state index contributed by atoms with van der Waals surface area (Å²) in [5, 5.41) is 0. The Bertz CT molecular complexity index is 898.